The molecular weight excluding hydrogens is 254 g/mol. The number of H-pyrrole nitrogens is 1. The van der Waals surface area contributed by atoms with Crippen molar-refractivity contribution in [3.63, 3.8) is 0 Å². The Morgan fingerprint density at radius 1 is 1.18 bits per heavy atom. The molecule has 0 aromatic carbocycles. The van der Waals surface area contributed by atoms with Crippen LogP contribution in [0.2, 0.25) is 0 Å². The van der Waals surface area contributed by atoms with Gasteiger partial charge >= 0.3 is 0 Å². The van der Waals surface area contributed by atoms with Crippen LogP contribution in [0.1, 0.15) is 5.01 Å². The second-order valence-corrected chi connectivity index (χ2v) is 5.41. The van der Waals surface area contributed by atoms with Crippen LogP contribution < -0.4 is 5.73 Å². The van der Waals surface area contributed by atoms with E-state index < -0.39 is 0 Å². The first-order valence-corrected chi connectivity index (χ1v) is 6.67. The van der Waals surface area contributed by atoms with E-state index in [9.17, 15) is 0 Å². The van der Waals surface area contributed by atoms with Gasteiger partial charge in [-0.1, -0.05) is 0 Å². The summed E-state index contributed by atoms with van der Waals surface area (Å²) in [7, 11) is 0. The topological polar surface area (TPSA) is 80.5 Å². The van der Waals surface area contributed by atoms with Gasteiger partial charge in [-0.25, -0.2) is 9.97 Å². The normalized spacial score (nSPS) is 10.9. The van der Waals surface area contributed by atoms with Crippen LogP contribution in [-0.2, 0) is 0 Å². The number of rotatable bonds is 2. The lowest BCUT2D eigenvalue weighted by Crippen LogP contribution is -1.87. The van der Waals surface area contributed by atoms with Gasteiger partial charge in [-0.3, -0.25) is 5.10 Å². The highest BCUT2D eigenvalue weighted by atomic mass is 32.1. The summed E-state index contributed by atoms with van der Waals surface area (Å²) in [5.74, 6) is 0.542. The van der Waals surface area contributed by atoms with Crippen LogP contribution >= 0.6 is 22.7 Å². The minimum Gasteiger partial charge on any atom is -0.383 e. The average Bonchev–Trinajstić information content (AvgIpc) is 2.97. The number of aromatic amines is 1. The number of hydrogen-bond acceptors (Lipinski definition) is 6. The lowest BCUT2D eigenvalue weighted by atomic mass is 10.3. The molecule has 3 rings (SSSR count). The van der Waals surface area contributed by atoms with E-state index in [0.29, 0.717) is 5.82 Å². The van der Waals surface area contributed by atoms with Gasteiger partial charge in [0, 0.05) is 10.8 Å². The Morgan fingerprint density at radius 2 is 1.94 bits per heavy atom. The molecule has 0 bridgehead atoms. The number of nitrogens with two attached hydrogens (primary N) is 1. The van der Waals surface area contributed by atoms with Gasteiger partial charge in [0.25, 0.3) is 0 Å². The van der Waals surface area contributed by atoms with Crippen molar-refractivity contribution in [1.29, 1.82) is 0 Å². The van der Waals surface area contributed by atoms with E-state index in [-0.39, 0.29) is 0 Å². The largest absolute Gasteiger partial charge is 0.383 e. The quantitative estimate of drug-likeness (QED) is 0.744. The van der Waals surface area contributed by atoms with Crippen molar-refractivity contribution in [3.8, 4) is 22.0 Å². The molecule has 0 saturated carbocycles. The van der Waals surface area contributed by atoms with Crippen molar-refractivity contribution < 1.29 is 0 Å². The van der Waals surface area contributed by atoms with E-state index >= 15 is 0 Å². The van der Waals surface area contributed by atoms with Crippen LogP contribution in [0.4, 0.5) is 5.82 Å². The zero-order chi connectivity index (χ0) is 11.8. The van der Waals surface area contributed by atoms with Crippen LogP contribution in [0, 0.1) is 6.92 Å². The number of nitrogens with zero attached hydrogens (tertiary/aromatic N) is 3. The van der Waals surface area contributed by atoms with E-state index in [4.69, 9.17) is 5.73 Å². The minimum atomic E-state index is 0.542. The van der Waals surface area contributed by atoms with Gasteiger partial charge in [0.05, 0.1) is 16.8 Å². The standard InChI is InChI=1S/C10H9N5S2/c1-5-13-7(3-16-5)8-4-17-10(14-8)6-2-12-15-9(6)11/h2-4H,1H3,(H3,11,12,15). The number of nitrogens with one attached hydrogen (secondary N) is 1. The number of thiazole rings is 2. The second-order valence-electron chi connectivity index (χ2n) is 3.49. The molecule has 86 valence electrons. The molecule has 0 spiro atoms. The van der Waals surface area contributed by atoms with Crippen molar-refractivity contribution in [2.24, 2.45) is 0 Å². The predicted molar refractivity (Wildman–Crippen MR) is 70.0 cm³/mol. The molecule has 3 aromatic rings. The maximum atomic E-state index is 5.76. The van der Waals surface area contributed by atoms with E-state index in [0.717, 1.165) is 27.0 Å². The van der Waals surface area contributed by atoms with Gasteiger partial charge in [0.2, 0.25) is 0 Å². The molecule has 0 fully saturated rings. The van der Waals surface area contributed by atoms with Crippen LogP contribution in [0.3, 0.4) is 0 Å². The Balaban J connectivity index is 2.01. The van der Waals surface area contributed by atoms with E-state index in [1.54, 1.807) is 17.5 Å². The first kappa shape index (κ1) is 10.4. The van der Waals surface area contributed by atoms with E-state index in [1.807, 2.05) is 17.7 Å². The second kappa shape index (κ2) is 3.94. The first-order chi connectivity index (χ1) is 8.24. The van der Waals surface area contributed by atoms with Crippen molar-refractivity contribution in [2.75, 3.05) is 5.73 Å². The fourth-order valence-corrected chi connectivity index (χ4v) is 2.91. The number of aryl methyl sites for hydroxylation is 1. The number of anilines is 1. The van der Waals surface area contributed by atoms with Crippen molar-refractivity contribution in [2.45, 2.75) is 6.92 Å². The highest BCUT2D eigenvalue weighted by molar-refractivity contribution is 7.13. The molecular formula is C10H9N5S2. The molecule has 0 atom stereocenters. The molecule has 0 radical (unpaired) electrons. The highest BCUT2D eigenvalue weighted by Crippen LogP contribution is 2.31. The maximum Gasteiger partial charge on any atom is 0.129 e. The third kappa shape index (κ3) is 1.83. The molecule has 0 amide bonds. The van der Waals surface area contributed by atoms with Gasteiger partial charge in [0.1, 0.15) is 22.2 Å². The summed E-state index contributed by atoms with van der Waals surface area (Å²) < 4.78 is 0. The van der Waals surface area contributed by atoms with Crippen LogP contribution in [0.25, 0.3) is 22.0 Å². The summed E-state index contributed by atoms with van der Waals surface area (Å²) in [4.78, 5) is 8.93. The molecule has 3 aromatic heterocycles. The summed E-state index contributed by atoms with van der Waals surface area (Å²) >= 11 is 3.16. The molecule has 0 unspecified atom stereocenters. The fourth-order valence-electron chi connectivity index (χ4n) is 1.46. The van der Waals surface area contributed by atoms with E-state index in [1.165, 1.54) is 11.3 Å². The SMILES string of the molecule is Cc1nc(-c2csc(-c3cn[nH]c3N)n2)cs1. The van der Waals surface area contributed by atoms with Crippen molar-refractivity contribution in [3.05, 3.63) is 22.0 Å². The monoisotopic (exact) mass is 263 g/mol. The molecule has 0 aliphatic heterocycles. The van der Waals surface area contributed by atoms with Gasteiger partial charge in [-0.05, 0) is 6.92 Å². The van der Waals surface area contributed by atoms with Gasteiger partial charge in [-0.15, -0.1) is 22.7 Å². The van der Waals surface area contributed by atoms with Gasteiger partial charge < -0.3 is 5.73 Å². The first-order valence-electron chi connectivity index (χ1n) is 4.91. The number of aromatic nitrogens is 4. The molecule has 5 nitrogen and oxygen atoms in total. The molecule has 3 heterocycles. The lowest BCUT2D eigenvalue weighted by Gasteiger charge is -1.91. The Labute approximate surface area is 105 Å². The molecule has 17 heavy (non-hydrogen) atoms. The van der Waals surface area contributed by atoms with Gasteiger partial charge in [-0.2, -0.15) is 5.10 Å². The number of nitrogen functional groups attached to an aromatic ring is 1. The fraction of sp³-hybridized carbons (Fsp3) is 0.100. The van der Waals surface area contributed by atoms with Crippen LogP contribution in [0.5, 0.6) is 0 Å². The van der Waals surface area contributed by atoms with Crippen LogP contribution in [-0.4, -0.2) is 20.2 Å². The van der Waals surface area contributed by atoms with Gasteiger partial charge in [0.15, 0.2) is 0 Å². The zero-order valence-corrected chi connectivity index (χ0v) is 10.6. The summed E-state index contributed by atoms with van der Waals surface area (Å²) in [6.45, 7) is 1.98. The summed E-state index contributed by atoms with van der Waals surface area (Å²) in [5.41, 5.74) is 8.40. The number of hydrogen-bond donors (Lipinski definition) is 2. The van der Waals surface area contributed by atoms with Crippen molar-refractivity contribution >= 4 is 28.5 Å². The lowest BCUT2D eigenvalue weighted by molar-refractivity contribution is 1.10. The Hall–Kier alpha value is -1.73. The Bertz CT molecular complexity index is 651. The smallest absolute Gasteiger partial charge is 0.129 e. The Kier molecular flexibility index (Phi) is 2.41. The maximum absolute atomic E-state index is 5.76. The van der Waals surface area contributed by atoms with E-state index in [2.05, 4.69) is 20.2 Å². The average molecular weight is 263 g/mol. The molecule has 0 aliphatic rings. The summed E-state index contributed by atoms with van der Waals surface area (Å²) in [5, 5.41) is 12.5. The van der Waals surface area contributed by atoms with Crippen molar-refractivity contribution in [1.82, 2.24) is 20.2 Å². The highest BCUT2D eigenvalue weighted by Gasteiger charge is 2.12. The van der Waals surface area contributed by atoms with Crippen LogP contribution in [0.15, 0.2) is 17.0 Å². The molecule has 0 saturated heterocycles. The summed E-state index contributed by atoms with van der Waals surface area (Å²) in [6.07, 6.45) is 1.68. The minimum absolute atomic E-state index is 0.542. The third-order valence-electron chi connectivity index (χ3n) is 2.28. The summed E-state index contributed by atoms with van der Waals surface area (Å²) in [6, 6.07) is 0. The zero-order valence-electron chi connectivity index (χ0n) is 8.97. The molecule has 0 aliphatic carbocycles. The predicted octanol–water partition coefficient (Wildman–Crippen LogP) is 2.55. The third-order valence-corrected chi connectivity index (χ3v) is 3.93. The molecule has 3 N–H and O–H groups in total. The molecule has 7 heteroatoms. The Morgan fingerprint density at radius 3 is 2.59 bits per heavy atom.